The van der Waals surface area contributed by atoms with Gasteiger partial charge < -0.3 is 9.84 Å². The van der Waals surface area contributed by atoms with E-state index in [1.807, 2.05) is 24.3 Å². The number of aliphatic hydroxyl groups is 1. The highest BCUT2D eigenvalue weighted by Crippen LogP contribution is 2.26. The SMILES string of the molecule is OCC=Cc1ccc(-c2ccc(OC(F)(F)F)cc2)cc1. The van der Waals surface area contributed by atoms with Gasteiger partial charge >= 0.3 is 6.36 Å². The van der Waals surface area contributed by atoms with Crippen LogP contribution in [0.3, 0.4) is 0 Å². The average molecular weight is 294 g/mol. The van der Waals surface area contributed by atoms with Crippen molar-refractivity contribution >= 4 is 6.08 Å². The van der Waals surface area contributed by atoms with Gasteiger partial charge in [0.05, 0.1) is 6.61 Å². The van der Waals surface area contributed by atoms with Gasteiger partial charge in [0.15, 0.2) is 0 Å². The Hall–Kier alpha value is -2.27. The molecule has 1 N–H and O–H groups in total. The molecule has 2 aromatic rings. The molecule has 0 unspecified atom stereocenters. The van der Waals surface area contributed by atoms with Crippen LogP contribution >= 0.6 is 0 Å². The number of rotatable bonds is 4. The Kier molecular flexibility index (Phi) is 4.65. The summed E-state index contributed by atoms with van der Waals surface area (Å²) in [5.41, 5.74) is 2.61. The van der Waals surface area contributed by atoms with Crippen molar-refractivity contribution in [2.75, 3.05) is 6.61 Å². The molecule has 2 aromatic carbocycles. The summed E-state index contributed by atoms with van der Waals surface area (Å²) < 4.78 is 40.0. The van der Waals surface area contributed by atoms with Crippen LogP contribution in [0.2, 0.25) is 0 Å². The number of hydrogen-bond acceptors (Lipinski definition) is 2. The molecule has 0 spiro atoms. The summed E-state index contributed by atoms with van der Waals surface area (Å²) in [6.45, 7) is -0.0254. The Labute approximate surface area is 120 Å². The van der Waals surface area contributed by atoms with Gasteiger partial charge in [-0.25, -0.2) is 0 Å². The van der Waals surface area contributed by atoms with Gasteiger partial charge in [-0.1, -0.05) is 48.6 Å². The molecule has 0 radical (unpaired) electrons. The molecule has 0 bridgehead atoms. The first-order valence-electron chi connectivity index (χ1n) is 6.21. The van der Waals surface area contributed by atoms with Crippen LogP contribution in [-0.2, 0) is 0 Å². The molecule has 0 amide bonds. The summed E-state index contributed by atoms with van der Waals surface area (Å²) in [5, 5.41) is 8.69. The molecule has 0 aliphatic carbocycles. The normalized spacial score (nSPS) is 11.8. The van der Waals surface area contributed by atoms with Crippen molar-refractivity contribution in [1.29, 1.82) is 0 Å². The third-order valence-electron chi connectivity index (χ3n) is 2.75. The lowest BCUT2D eigenvalue weighted by Crippen LogP contribution is -2.16. The van der Waals surface area contributed by atoms with Gasteiger partial charge in [0.1, 0.15) is 5.75 Å². The predicted octanol–water partition coefficient (Wildman–Crippen LogP) is 4.26. The van der Waals surface area contributed by atoms with Crippen molar-refractivity contribution in [3.63, 3.8) is 0 Å². The van der Waals surface area contributed by atoms with E-state index in [4.69, 9.17) is 5.11 Å². The van der Waals surface area contributed by atoms with Gasteiger partial charge in [-0.2, -0.15) is 0 Å². The summed E-state index contributed by atoms with van der Waals surface area (Å²) in [6.07, 6.45) is -1.27. The highest BCUT2D eigenvalue weighted by Gasteiger charge is 2.30. The maximum absolute atomic E-state index is 12.1. The topological polar surface area (TPSA) is 29.5 Å². The van der Waals surface area contributed by atoms with Gasteiger partial charge in [-0.3, -0.25) is 0 Å². The molecule has 0 aromatic heterocycles. The number of aliphatic hydroxyl groups excluding tert-OH is 1. The monoisotopic (exact) mass is 294 g/mol. The minimum absolute atomic E-state index is 0.0254. The predicted molar refractivity (Wildman–Crippen MR) is 74.7 cm³/mol. The fraction of sp³-hybridized carbons (Fsp3) is 0.125. The summed E-state index contributed by atoms with van der Waals surface area (Å²) in [6, 6.07) is 13.1. The van der Waals surface area contributed by atoms with Crippen LogP contribution in [0.4, 0.5) is 13.2 Å². The zero-order chi connectivity index (χ0) is 15.3. The Morgan fingerprint density at radius 1 is 0.905 bits per heavy atom. The average Bonchev–Trinajstić information content (AvgIpc) is 2.45. The maximum atomic E-state index is 12.1. The number of ether oxygens (including phenoxy) is 1. The molecule has 0 aliphatic heterocycles. The highest BCUT2D eigenvalue weighted by atomic mass is 19.4. The van der Waals surface area contributed by atoms with Crippen molar-refractivity contribution in [2.24, 2.45) is 0 Å². The van der Waals surface area contributed by atoms with Gasteiger partial charge in [0.25, 0.3) is 0 Å². The zero-order valence-corrected chi connectivity index (χ0v) is 11.0. The summed E-state index contributed by atoms with van der Waals surface area (Å²) in [4.78, 5) is 0. The van der Waals surface area contributed by atoms with Crippen LogP contribution < -0.4 is 4.74 Å². The van der Waals surface area contributed by atoms with Crippen LogP contribution in [0, 0.1) is 0 Å². The van der Waals surface area contributed by atoms with E-state index in [1.54, 1.807) is 24.3 Å². The number of hydrogen-bond donors (Lipinski definition) is 1. The first-order chi connectivity index (χ1) is 9.98. The van der Waals surface area contributed by atoms with Gasteiger partial charge in [0, 0.05) is 0 Å². The molecule has 21 heavy (non-hydrogen) atoms. The van der Waals surface area contributed by atoms with Gasteiger partial charge in [0.2, 0.25) is 0 Å². The highest BCUT2D eigenvalue weighted by molar-refractivity contribution is 5.66. The summed E-state index contributed by atoms with van der Waals surface area (Å²) >= 11 is 0. The zero-order valence-electron chi connectivity index (χ0n) is 11.0. The minimum atomic E-state index is -4.68. The number of alkyl halides is 3. The second-order valence-electron chi connectivity index (χ2n) is 4.28. The van der Waals surface area contributed by atoms with E-state index < -0.39 is 6.36 Å². The van der Waals surface area contributed by atoms with Crippen LogP contribution in [0.25, 0.3) is 17.2 Å². The van der Waals surface area contributed by atoms with E-state index in [9.17, 15) is 13.2 Å². The Bertz CT molecular complexity index is 599. The smallest absolute Gasteiger partial charge is 0.406 e. The maximum Gasteiger partial charge on any atom is 0.573 e. The first-order valence-corrected chi connectivity index (χ1v) is 6.21. The number of benzene rings is 2. The molecule has 0 saturated carbocycles. The van der Waals surface area contributed by atoms with Crippen LogP contribution in [0.15, 0.2) is 54.6 Å². The fourth-order valence-electron chi connectivity index (χ4n) is 1.82. The molecule has 0 fully saturated rings. The lowest BCUT2D eigenvalue weighted by atomic mass is 10.0. The molecule has 0 heterocycles. The Balaban J connectivity index is 2.13. The summed E-state index contributed by atoms with van der Waals surface area (Å²) in [7, 11) is 0. The molecule has 0 atom stereocenters. The van der Waals surface area contributed by atoms with Crippen molar-refractivity contribution < 1.29 is 23.0 Å². The molecule has 110 valence electrons. The van der Waals surface area contributed by atoms with Gasteiger partial charge in [-0.15, -0.1) is 13.2 Å². The van der Waals surface area contributed by atoms with Gasteiger partial charge in [-0.05, 0) is 28.8 Å². The van der Waals surface area contributed by atoms with Crippen molar-refractivity contribution in [1.82, 2.24) is 0 Å². The second-order valence-corrected chi connectivity index (χ2v) is 4.28. The van der Waals surface area contributed by atoms with E-state index in [-0.39, 0.29) is 12.4 Å². The third kappa shape index (κ3) is 4.65. The second kappa shape index (κ2) is 6.45. The lowest BCUT2D eigenvalue weighted by molar-refractivity contribution is -0.274. The van der Waals surface area contributed by atoms with E-state index in [0.29, 0.717) is 0 Å². The van der Waals surface area contributed by atoms with Crippen LogP contribution in [0.5, 0.6) is 5.75 Å². The van der Waals surface area contributed by atoms with E-state index >= 15 is 0 Å². The molecule has 0 saturated heterocycles. The van der Waals surface area contributed by atoms with Crippen LogP contribution in [-0.4, -0.2) is 18.1 Å². The standard InChI is InChI=1S/C16H13F3O2/c17-16(18,19)21-15-9-7-14(8-10-15)13-5-3-12(4-6-13)2-1-11-20/h1-10,20H,11H2. The van der Waals surface area contributed by atoms with E-state index in [2.05, 4.69) is 4.74 Å². The number of halogens is 3. The minimum Gasteiger partial charge on any atom is -0.406 e. The van der Waals surface area contributed by atoms with E-state index in [1.165, 1.54) is 12.1 Å². The molecule has 2 rings (SSSR count). The Morgan fingerprint density at radius 2 is 1.43 bits per heavy atom. The van der Waals surface area contributed by atoms with Crippen LogP contribution in [0.1, 0.15) is 5.56 Å². The first kappa shape index (κ1) is 15.1. The molecular formula is C16H13F3O2. The van der Waals surface area contributed by atoms with Crippen molar-refractivity contribution in [2.45, 2.75) is 6.36 Å². The molecule has 2 nitrogen and oxygen atoms in total. The molecule has 5 heteroatoms. The third-order valence-corrected chi connectivity index (χ3v) is 2.75. The lowest BCUT2D eigenvalue weighted by Gasteiger charge is -2.09. The summed E-state index contributed by atoms with van der Waals surface area (Å²) in [5.74, 6) is -0.242. The van der Waals surface area contributed by atoms with Crippen molar-refractivity contribution in [3.8, 4) is 16.9 Å². The molecule has 0 aliphatic rings. The van der Waals surface area contributed by atoms with E-state index in [0.717, 1.165) is 16.7 Å². The molecular weight excluding hydrogens is 281 g/mol. The van der Waals surface area contributed by atoms with Crippen molar-refractivity contribution in [3.05, 3.63) is 60.2 Å². The quantitative estimate of drug-likeness (QED) is 0.913. The Morgan fingerprint density at radius 3 is 1.90 bits per heavy atom. The fourth-order valence-corrected chi connectivity index (χ4v) is 1.82. The largest absolute Gasteiger partial charge is 0.573 e.